The van der Waals surface area contributed by atoms with Gasteiger partial charge in [0.05, 0.1) is 24.6 Å². The molecule has 1 atom stereocenters. The zero-order valence-corrected chi connectivity index (χ0v) is 21.8. The van der Waals surface area contributed by atoms with Gasteiger partial charge >= 0.3 is 17.9 Å². The van der Waals surface area contributed by atoms with Crippen LogP contribution in [0.4, 0.5) is 0 Å². The van der Waals surface area contributed by atoms with Gasteiger partial charge in [0.15, 0.2) is 20.5 Å². The smallest absolute Gasteiger partial charge is 0.324 e. The third-order valence-electron chi connectivity index (χ3n) is 4.75. The summed E-state index contributed by atoms with van der Waals surface area (Å²) in [4.78, 5) is 39.7. The van der Waals surface area contributed by atoms with Gasteiger partial charge in [-0.3, -0.25) is 14.4 Å². The van der Waals surface area contributed by atoms with Crippen LogP contribution < -0.4 is 0 Å². The number of benzene rings is 1. The van der Waals surface area contributed by atoms with Crippen molar-refractivity contribution in [1.82, 2.24) is 0 Å². The van der Waals surface area contributed by atoms with Crippen molar-refractivity contribution in [1.29, 1.82) is 0 Å². The Kier molecular flexibility index (Phi) is 11.2. The van der Waals surface area contributed by atoms with Crippen LogP contribution in [0, 0.1) is 5.41 Å². The Hall–Kier alpha value is -2.39. The zero-order chi connectivity index (χ0) is 26.1. The number of halogens is 1. The van der Waals surface area contributed by atoms with Gasteiger partial charge in [0.25, 0.3) is 0 Å². The molecule has 0 aliphatic rings. The van der Waals surface area contributed by atoms with Crippen molar-refractivity contribution in [3.05, 3.63) is 47.5 Å². The van der Waals surface area contributed by atoms with Gasteiger partial charge in [0.2, 0.25) is 0 Å². The second-order valence-electron chi connectivity index (χ2n) is 8.36. The Bertz CT molecular complexity index is 945. The Morgan fingerprint density at radius 1 is 1.03 bits per heavy atom. The minimum Gasteiger partial charge on any atom is -0.465 e. The fourth-order valence-electron chi connectivity index (χ4n) is 3.26. The zero-order valence-electron chi connectivity index (χ0n) is 20.2. The molecule has 34 heavy (non-hydrogen) atoms. The summed E-state index contributed by atoms with van der Waals surface area (Å²) in [5.41, 5.74) is -1.65. The molecule has 0 aromatic heterocycles. The molecule has 1 unspecified atom stereocenters. The molecule has 1 aromatic rings. The van der Waals surface area contributed by atoms with E-state index in [2.05, 4.69) is 6.58 Å². The van der Waals surface area contributed by atoms with E-state index in [-0.39, 0.29) is 13.0 Å². The average Bonchev–Trinajstić information content (AvgIpc) is 2.71. The van der Waals surface area contributed by atoms with Crippen LogP contribution in [0.15, 0.2) is 36.9 Å². The number of ether oxygens (including phenoxy) is 3. The largest absolute Gasteiger partial charge is 0.465 e. The van der Waals surface area contributed by atoms with Crippen LogP contribution >= 0.6 is 11.6 Å². The normalized spacial score (nSPS) is 12.8. The lowest BCUT2D eigenvalue weighted by Crippen LogP contribution is -2.50. The minimum absolute atomic E-state index is 0.0873. The van der Waals surface area contributed by atoms with Crippen LogP contribution in [-0.2, 0) is 44.9 Å². The Balaban J connectivity index is 3.77. The molecule has 1 aromatic carbocycles. The van der Waals surface area contributed by atoms with Gasteiger partial charge in [0, 0.05) is 11.4 Å². The van der Waals surface area contributed by atoms with E-state index in [0.29, 0.717) is 10.6 Å². The molecule has 0 aliphatic heterocycles. The summed E-state index contributed by atoms with van der Waals surface area (Å²) < 4.78 is 41.8. The fraction of sp³-hybridized carbons (Fsp3) is 0.542. The minimum atomic E-state index is -4.18. The van der Waals surface area contributed by atoms with Gasteiger partial charge in [-0.05, 0) is 58.7 Å². The average molecular weight is 517 g/mol. The number of sulfone groups is 1. The predicted molar refractivity (Wildman–Crippen MR) is 129 cm³/mol. The van der Waals surface area contributed by atoms with E-state index in [1.165, 1.54) is 6.92 Å². The lowest BCUT2D eigenvalue weighted by atomic mass is 9.77. The Morgan fingerprint density at radius 2 is 1.53 bits per heavy atom. The molecule has 0 saturated carbocycles. The molecular weight excluding hydrogens is 484 g/mol. The highest BCUT2D eigenvalue weighted by Crippen LogP contribution is 2.36. The Morgan fingerprint density at radius 3 is 1.94 bits per heavy atom. The van der Waals surface area contributed by atoms with Crippen molar-refractivity contribution in [3.8, 4) is 0 Å². The fourth-order valence-corrected chi connectivity index (χ4v) is 4.85. The first-order chi connectivity index (χ1) is 15.8. The third-order valence-corrected chi connectivity index (χ3v) is 6.93. The Labute approximate surface area is 206 Å². The molecule has 8 nitrogen and oxygen atoms in total. The molecule has 0 aliphatic carbocycles. The molecule has 0 heterocycles. The molecule has 0 bridgehead atoms. The van der Waals surface area contributed by atoms with E-state index in [9.17, 15) is 22.8 Å². The number of esters is 3. The third kappa shape index (κ3) is 8.13. The van der Waals surface area contributed by atoms with Gasteiger partial charge in [-0.15, -0.1) is 6.58 Å². The van der Waals surface area contributed by atoms with Crippen molar-refractivity contribution in [2.24, 2.45) is 5.41 Å². The van der Waals surface area contributed by atoms with Crippen LogP contribution in [0.25, 0.3) is 0 Å². The second-order valence-corrected chi connectivity index (χ2v) is 11.0. The first-order valence-corrected chi connectivity index (χ1v) is 13.0. The lowest BCUT2D eigenvalue weighted by Gasteiger charge is -2.33. The van der Waals surface area contributed by atoms with Crippen LogP contribution in [0.3, 0.4) is 0 Å². The summed E-state index contributed by atoms with van der Waals surface area (Å²) in [6, 6.07) is 6.33. The molecule has 0 fully saturated rings. The lowest BCUT2D eigenvalue weighted by molar-refractivity contribution is -0.178. The molecule has 190 valence electrons. The van der Waals surface area contributed by atoms with Gasteiger partial charge in [0.1, 0.15) is 0 Å². The maximum Gasteiger partial charge on any atom is 0.324 e. The molecule has 1 rings (SSSR count). The number of carbonyl (C=O) groups excluding carboxylic acids is 3. The molecule has 0 N–H and O–H groups in total. The quantitative estimate of drug-likeness (QED) is 0.169. The molecule has 0 radical (unpaired) electrons. The molecule has 0 spiro atoms. The van der Waals surface area contributed by atoms with E-state index < -0.39 is 62.8 Å². The van der Waals surface area contributed by atoms with Gasteiger partial charge in [-0.25, -0.2) is 8.42 Å². The number of hydrogen-bond acceptors (Lipinski definition) is 8. The summed E-state index contributed by atoms with van der Waals surface area (Å²) in [6.07, 6.45) is -1.10. The molecule has 0 amide bonds. The van der Waals surface area contributed by atoms with Gasteiger partial charge in [-0.2, -0.15) is 0 Å². The summed E-state index contributed by atoms with van der Waals surface area (Å²) in [6.45, 7) is 11.2. The summed E-state index contributed by atoms with van der Waals surface area (Å²) in [5.74, 6) is -3.61. The molecule has 10 heteroatoms. The highest BCUT2D eigenvalue weighted by atomic mass is 35.5. The predicted octanol–water partition coefficient (Wildman–Crippen LogP) is 3.69. The van der Waals surface area contributed by atoms with E-state index in [0.717, 1.165) is 6.08 Å². The van der Waals surface area contributed by atoms with Crippen molar-refractivity contribution < 1.29 is 37.0 Å². The highest BCUT2D eigenvalue weighted by Gasteiger charge is 2.54. The topological polar surface area (TPSA) is 113 Å². The SMILES string of the molecule is C=CCS(=O)(=O)C(CC(Cc1ccc(Cl)cc1)(C(=O)OC(C)C)C(=O)OC(C)C)C(=O)OCC. The van der Waals surface area contributed by atoms with E-state index >= 15 is 0 Å². The van der Waals surface area contributed by atoms with Crippen LogP contribution in [0.1, 0.15) is 46.6 Å². The van der Waals surface area contributed by atoms with Crippen LogP contribution in [0.5, 0.6) is 0 Å². The first kappa shape index (κ1) is 29.6. The van der Waals surface area contributed by atoms with Crippen molar-refractivity contribution in [2.45, 2.75) is 64.9 Å². The highest BCUT2D eigenvalue weighted by molar-refractivity contribution is 7.92. The first-order valence-electron chi connectivity index (χ1n) is 10.9. The standard InChI is InChI=1S/C24H33ClO8S/c1-7-13-34(29,30)20(21(26)31-8-2)15-24(22(27)32-16(3)4,23(28)33-17(5)6)14-18-9-11-19(25)12-10-18/h7,9-12,16-17,20H,1,8,13-15H2,2-6H3. The van der Waals surface area contributed by atoms with E-state index in [1.807, 2.05) is 0 Å². The summed E-state index contributed by atoms with van der Waals surface area (Å²) in [5, 5.41) is -1.39. The number of hydrogen-bond donors (Lipinski definition) is 0. The maximum atomic E-state index is 13.5. The maximum absolute atomic E-state index is 13.5. The monoisotopic (exact) mass is 516 g/mol. The van der Waals surface area contributed by atoms with Crippen molar-refractivity contribution >= 4 is 39.3 Å². The summed E-state index contributed by atoms with van der Waals surface area (Å²) in [7, 11) is -4.18. The van der Waals surface area contributed by atoms with Gasteiger partial charge in [-0.1, -0.05) is 29.8 Å². The van der Waals surface area contributed by atoms with E-state index in [4.69, 9.17) is 25.8 Å². The molecular formula is C24H33ClO8S. The van der Waals surface area contributed by atoms with Crippen molar-refractivity contribution in [3.63, 3.8) is 0 Å². The van der Waals surface area contributed by atoms with E-state index in [1.54, 1.807) is 52.0 Å². The van der Waals surface area contributed by atoms with Crippen LogP contribution in [0.2, 0.25) is 5.02 Å². The second kappa shape index (κ2) is 12.9. The van der Waals surface area contributed by atoms with Crippen LogP contribution in [-0.4, -0.2) is 56.1 Å². The van der Waals surface area contributed by atoms with Gasteiger partial charge < -0.3 is 14.2 Å². The molecule has 0 saturated heterocycles. The summed E-state index contributed by atoms with van der Waals surface area (Å²) >= 11 is 5.97. The van der Waals surface area contributed by atoms with Crippen molar-refractivity contribution in [2.75, 3.05) is 12.4 Å². The number of rotatable bonds is 13. The number of carbonyl (C=O) groups is 3.